The largest absolute Gasteiger partial charge is 0.382 e. The number of nitrogens with one attached hydrogen (secondary N) is 2. The van der Waals surface area contributed by atoms with Crippen molar-refractivity contribution in [2.75, 3.05) is 17.6 Å². The van der Waals surface area contributed by atoms with Crippen LogP contribution in [0, 0.1) is 13.8 Å². The number of benzene rings is 1. The van der Waals surface area contributed by atoms with Crippen LogP contribution < -0.4 is 16.4 Å². The SMILES string of the molecule is Cc1cccc(C)c1NC(=O)CNC(=O)c1nccnc1N. The van der Waals surface area contributed by atoms with Crippen molar-refractivity contribution < 1.29 is 9.59 Å². The van der Waals surface area contributed by atoms with Crippen LogP contribution >= 0.6 is 0 Å². The molecular formula is C15H17N5O2. The van der Waals surface area contributed by atoms with Crippen LogP contribution in [0.3, 0.4) is 0 Å². The Balaban J connectivity index is 1.96. The number of carbonyl (C=O) groups is 2. The lowest BCUT2D eigenvalue weighted by molar-refractivity contribution is -0.115. The van der Waals surface area contributed by atoms with E-state index in [0.29, 0.717) is 0 Å². The molecule has 1 heterocycles. The molecule has 4 N–H and O–H groups in total. The molecule has 22 heavy (non-hydrogen) atoms. The quantitative estimate of drug-likeness (QED) is 0.781. The van der Waals surface area contributed by atoms with Crippen LogP contribution in [-0.2, 0) is 4.79 Å². The van der Waals surface area contributed by atoms with Crippen molar-refractivity contribution in [3.05, 3.63) is 47.4 Å². The minimum absolute atomic E-state index is 0.00220. The Morgan fingerprint density at radius 1 is 1.14 bits per heavy atom. The Bertz CT molecular complexity index is 695. The molecule has 0 aliphatic rings. The summed E-state index contributed by atoms with van der Waals surface area (Å²) in [6.07, 6.45) is 2.75. The van der Waals surface area contributed by atoms with Gasteiger partial charge in [0.05, 0.1) is 6.54 Å². The summed E-state index contributed by atoms with van der Waals surface area (Å²) in [6.45, 7) is 3.63. The molecule has 7 heteroatoms. The summed E-state index contributed by atoms with van der Waals surface area (Å²) in [5.74, 6) is -0.842. The Kier molecular flexibility index (Phi) is 4.67. The van der Waals surface area contributed by atoms with E-state index < -0.39 is 5.91 Å². The minimum atomic E-state index is -0.540. The fourth-order valence-corrected chi connectivity index (χ4v) is 1.96. The predicted molar refractivity (Wildman–Crippen MR) is 83.3 cm³/mol. The molecule has 0 aliphatic heterocycles. The van der Waals surface area contributed by atoms with Crippen LogP contribution in [0.4, 0.5) is 11.5 Å². The Morgan fingerprint density at radius 2 is 1.77 bits per heavy atom. The van der Waals surface area contributed by atoms with Gasteiger partial charge < -0.3 is 16.4 Å². The van der Waals surface area contributed by atoms with Gasteiger partial charge in [-0.1, -0.05) is 18.2 Å². The van der Waals surface area contributed by atoms with Gasteiger partial charge in [0.25, 0.3) is 5.91 Å². The zero-order valence-corrected chi connectivity index (χ0v) is 12.4. The molecule has 0 atom stereocenters. The number of para-hydroxylation sites is 1. The van der Waals surface area contributed by atoms with E-state index in [2.05, 4.69) is 20.6 Å². The summed E-state index contributed by atoms with van der Waals surface area (Å²) < 4.78 is 0. The summed E-state index contributed by atoms with van der Waals surface area (Å²) in [4.78, 5) is 31.4. The highest BCUT2D eigenvalue weighted by Gasteiger charge is 2.13. The molecule has 1 aromatic heterocycles. The number of nitrogens with two attached hydrogens (primary N) is 1. The second-order valence-corrected chi connectivity index (χ2v) is 4.79. The highest BCUT2D eigenvalue weighted by molar-refractivity contribution is 6.00. The van der Waals surface area contributed by atoms with Crippen LogP contribution in [0.25, 0.3) is 0 Å². The number of rotatable bonds is 4. The summed E-state index contributed by atoms with van der Waals surface area (Å²) >= 11 is 0. The average molecular weight is 299 g/mol. The van der Waals surface area contributed by atoms with Gasteiger partial charge in [-0.15, -0.1) is 0 Å². The third kappa shape index (κ3) is 3.57. The molecule has 0 saturated carbocycles. The fraction of sp³-hybridized carbons (Fsp3) is 0.200. The number of hydrogen-bond acceptors (Lipinski definition) is 5. The molecule has 0 unspecified atom stereocenters. The van der Waals surface area contributed by atoms with E-state index in [1.54, 1.807) is 0 Å². The van der Waals surface area contributed by atoms with Gasteiger partial charge in [0.15, 0.2) is 11.5 Å². The van der Waals surface area contributed by atoms with Crippen molar-refractivity contribution in [3.8, 4) is 0 Å². The molecule has 7 nitrogen and oxygen atoms in total. The number of nitrogen functional groups attached to an aromatic ring is 1. The predicted octanol–water partition coefficient (Wildman–Crippen LogP) is 1.04. The van der Waals surface area contributed by atoms with Crippen LogP contribution in [0.5, 0.6) is 0 Å². The molecule has 2 aromatic rings. The fourth-order valence-electron chi connectivity index (χ4n) is 1.96. The van der Waals surface area contributed by atoms with Crippen molar-refractivity contribution >= 4 is 23.3 Å². The highest BCUT2D eigenvalue weighted by atomic mass is 16.2. The Labute approximate surface area is 128 Å². The molecule has 0 saturated heterocycles. The molecule has 0 spiro atoms. The number of carbonyl (C=O) groups excluding carboxylic acids is 2. The lowest BCUT2D eigenvalue weighted by Crippen LogP contribution is -2.34. The summed E-state index contributed by atoms with van der Waals surface area (Å²) in [6, 6.07) is 5.72. The van der Waals surface area contributed by atoms with Gasteiger partial charge in [-0.05, 0) is 25.0 Å². The molecule has 0 fully saturated rings. The van der Waals surface area contributed by atoms with Gasteiger partial charge in [-0.3, -0.25) is 9.59 Å². The van der Waals surface area contributed by atoms with Gasteiger partial charge in [-0.2, -0.15) is 0 Å². The summed E-state index contributed by atoms with van der Waals surface area (Å²) in [7, 11) is 0. The summed E-state index contributed by atoms with van der Waals surface area (Å²) in [5, 5.41) is 5.24. The molecule has 0 bridgehead atoms. The average Bonchev–Trinajstić information content (AvgIpc) is 2.49. The first-order chi connectivity index (χ1) is 10.5. The molecule has 2 amide bonds. The normalized spacial score (nSPS) is 10.1. The topological polar surface area (TPSA) is 110 Å². The van der Waals surface area contributed by atoms with E-state index in [1.165, 1.54) is 12.4 Å². The Morgan fingerprint density at radius 3 is 2.41 bits per heavy atom. The lowest BCUT2D eigenvalue weighted by atomic mass is 10.1. The number of amides is 2. The zero-order chi connectivity index (χ0) is 16.1. The second-order valence-electron chi connectivity index (χ2n) is 4.79. The van der Waals surface area contributed by atoms with Crippen LogP contribution in [-0.4, -0.2) is 28.3 Å². The number of anilines is 2. The zero-order valence-electron chi connectivity index (χ0n) is 12.4. The maximum atomic E-state index is 11.9. The maximum absolute atomic E-state index is 11.9. The Hall–Kier alpha value is -2.96. The van der Waals surface area contributed by atoms with Crippen molar-refractivity contribution in [3.63, 3.8) is 0 Å². The number of aromatic nitrogens is 2. The van der Waals surface area contributed by atoms with E-state index >= 15 is 0 Å². The number of nitrogens with zero attached hydrogens (tertiary/aromatic N) is 2. The first-order valence-corrected chi connectivity index (χ1v) is 6.69. The molecule has 0 aliphatic carbocycles. The van der Waals surface area contributed by atoms with E-state index in [4.69, 9.17) is 5.73 Å². The monoisotopic (exact) mass is 299 g/mol. The van der Waals surface area contributed by atoms with Crippen LogP contribution in [0.2, 0.25) is 0 Å². The van der Waals surface area contributed by atoms with Crippen molar-refractivity contribution in [2.24, 2.45) is 0 Å². The van der Waals surface area contributed by atoms with E-state index in [9.17, 15) is 9.59 Å². The van der Waals surface area contributed by atoms with E-state index in [0.717, 1.165) is 16.8 Å². The van der Waals surface area contributed by atoms with Gasteiger partial charge in [0, 0.05) is 18.1 Å². The van der Waals surface area contributed by atoms with E-state index in [1.807, 2.05) is 32.0 Å². The van der Waals surface area contributed by atoms with Gasteiger partial charge >= 0.3 is 0 Å². The van der Waals surface area contributed by atoms with Gasteiger partial charge in [0.2, 0.25) is 5.91 Å². The first-order valence-electron chi connectivity index (χ1n) is 6.69. The molecule has 1 aromatic carbocycles. The van der Waals surface area contributed by atoms with Crippen molar-refractivity contribution in [1.82, 2.24) is 15.3 Å². The smallest absolute Gasteiger partial charge is 0.274 e. The highest BCUT2D eigenvalue weighted by Crippen LogP contribution is 2.18. The molecule has 2 rings (SSSR count). The van der Waals surface area contributed by atoms with Gasteiger partial charge in [0.1, 0.15) is 0 Å². The van der Waals surface area contributed by atoms with Crippen LogP contribution in [0.1, 0.15) is 21.6 Å². The van der Waals surface area contributed by atoms with Crippen LogP contribution in [0.15, 0.2) is 30.6 Å². The third-order valence-electron chi connectivity index (χ3n) is 3.10. The van der Waals surface area contributed by atoms with E-state index in [-0.39, 0.29) is 24.0 Å². The maximum Gasteiger partial charge on any atom is 0.274 e. The van der Waals surface area contributed by atoms with Crippen molar-refractivity contribution in [2.45, 2.75) is 13.8 Å². The van der Waals surface area contributed by atoms with Crippen molar-refractivity contribution in [1.29, 1.82) is 0 Å². The minimum Gasteiger partial charge on any atom is -0.382 e. The molecule has 114 valence electrons. The summed E-state index contributed by atoms with van der Waals surface area (Å²) in [5.41, 5.74) is 8.22. The number of aryl methyl sites for hydroxylation is 2. The molecule has 0 radical (unpaired) electrons. The molecular weight excluding hydrogens is 282 g/mol. The number of hydrogen-bond donors (Lipinski definition) is 3. The van der Waals surface area contributed by atoms with Gasteiger partial charge in [-0.25, -0.2) is 9.97 Å². The third-order valence-corrected chi connectivity index (χ3v) is 3.10. The lowest BCUT2D eigenvalue weighted by Gasteiger charge is -2.12. The first kappa shape index (κ1) is 15.4. The second kappa shape index (κ2) is 6.66. The standard InChI is InChI=1S/C15H17N5O2/c1-9-4-3-5-10(2)12(9)20-11(21)8-19-15(22)13-14(16)18-7-6-17-13/h3-7H,8H2,1-2H3,(H2,16,18)(H,19,22)(H,20,21).